The first kappa shape index (κ1) is 16.8. The van der Waals surface area contributed by atoms with E-state index in [0.717, 1.165) is 26.5 Å². The molecular weight excluding hydrogens is 414 g/mol. The Hall–Kier alpha value is -2.63. The Kier molecular flexibility index (Phi) is 4.73. The quantitative estimate of drug-likeness (QED) is 0.305. The zero-order chi connectivity index (χ0) is 17.9. The van der Waals surface area contributed by atoms with Crippen LogP contribution in [0.1, 0.15) is 5.76 Å². The third kappa shape index (κ3) is 3.64. The summed E-state index contributed by atoms with van der Waals surface area (Å²) in [7, 11) is 0. The predicted molar refractivity (Wildman–Crippen MR) is 110 cm³/mol. The molecule has 0 aliphatic heterocycles. The first-order valence-corrected chi connectivity index (χ1v) is 9.06. The Morgan fingerprint density at radius 3 is 2.65 bits per heavy atom. The van der Waals surface area contributed by atoms with Gasteiger partial charge in [0.15, 0.2) is 5.22 Å². The third-order valence-corrected chi connectivity index (χ3v) is 4.52. The molecule has 0 spiro atoms. The number of rotatable bonds is 4. The predicted octanol–water partition coefficient (Wildman–Crippen LogP) is 6.36. The highest BCUT2D eigenvalue weighted by atomic mass is 79.9. The van der Waals surface area contributed by atoms with Crippen LogP contribution in [0.3, 0.4) is 0 Å². The fourth-order valence-corrected chi connectivity index (χ4v) is 3.18. The van der Waals surface area contributed by atoms with Crippen LogP contribution in [-0.4, -0.2) is 11.2 Å². The molecule has 4 aromatic rings. The molecule has 0 bridgehead atoms. The molecule has 0 saturated heterocycles. The minimum absolute atomic E-state index is 0.326. The van der Waals surface area contributed by atoms with Crippen LogP contribution < -0.4 is 5.43 Å². The lowest BCUT2D eigenvalue weighted by atomic mass is 10.0. The summed E-state index contributed by atoms with van der Waals surface area (Å²) in [4.78, 5) is 4.64. The number of benzene rings is 2. The van der Waals surface area contributed by atoms with E-state index < -0.39 is 0 Å². The first-order chi connectivity index (χ1) is 12.7. The first-order valence-electron chi connectivity index (χ1n) is 7.89. The van der Waals surface area contributed by atoms with Gasteiger partial charge in [0.25, 0.3) is 0 Å². The normalized spacial score (nSPS) is 11.3. The van der Waals surface area contributed by atoms with Gasteiger partial charge in [-0.05, 0) is 59.1 Å². The second-order valence-electron chi connectivity index (χ2n) is 5.59. The molecule has 6 heteroatoms. The summed E-state index contributed by atoms with van der Waals surface area (Å²) in [5, 5.41) is 5.58. The number of nitrogens with zero attached hydrogens (tertiary/aromatic N) is 2. The van der Waals surface area contributed by atoms with Crippen LogP contribution in [0, 0.1) is 0 Å². The average Bonchev–Trinajstić information content (AvgIpc) is 3.07. The number of nitrogens with one attached hydrogen (secondary N) is 1. The molecule has 0 radical (unpaired) electrons. The Morgan fingerprint density at radius 2 is 1.88 bits per heavy atom. The molecule has 1 N–H and O–H groups in total. The molecule has 0 amide bonds. The molecule has 0 saturated carbocycles. The summed E-state index contributed by atoms with van der Waals surface area (Å²) >= 11 is 9.30. The van der Waals surface area contributed by atoms with Gasteiger partial charge in [0.05, 0.1) is 11.7 Å². The number of aromatic nitrogens is 1. The summed E-state index contributed by atoms with van der Waals surface area (Å²) in [5.41, 5.74) is 6.04. The van der Waals surface area contributed by atoms with Gasteiger partial charge in [-0.1, -0.05) is 46.3 Å². The van der Waals surface area contributed by atoms with Crippen molar-refractivity contribution in [2.24, 2.45) is 5.10 Å². The topological polar surface area (TPSA) is 50.4 Å². The van der Waals surface area contributed by atoms with Gasteiger partial charge in [-0.3, -0.25) is 5.43 Å². The Morgan fingerprint density at radius 1 is 1.04 bits per heavy atom. The van der Waals surface area contributed by atoms with Crippen molar-refractivity contribution in [3.05, 3.63) is 82.2 Å². The highest BCUT2D eigenvalue weighted by molar-refractivity contribution is 9.10. The molecule has 2 aromatic heterocycles. The maximum absolute atomic E-state index is 5.76. The van der Waals surface area contributed by atoms with Gasteiger partial charge in [0, 0.05) is 9.86 Å². The van der Waals surface area contributed by atoms with E-state index in [1.165, 1.54) is 0 Å². The second kappa shape index (κ2) is 7.32. The monoisotopic (exact) mass is 425 g/mol. The molecule has 2 heterocycles. The van der Waals surface area contributed by atoms with Gasteiger partial charge in [-0.2, -0.15) is 5.10 Å². The van der Waals surface area contributed by atoms with Crippen molar-refractivity contribution in [2.75, 3.05) is 5.43 Å². The summed E-state index contributed by atoms with van der Waals surface area (Å²) in [6, 6.07) is 21.6. The summed E-state index contributed by atoms with van der Waals surface area (Å²) in [5.74, 6) is 1.21. The zero-order valence-electron chi connectivity index (χ0n) is 13.5. The SMILES string of the molecule is Clc1ccc(/C=N/Nc2cc(-c3ccccc3)c3cc(Br)ccc3n2)o1. The highest BCUT2D eigenvalue weighted by Gasteiger charge is 2.08. The Labute approximate surface area is 163 Å². The molecule has 128 valence electrons. The number of furan rings is 1. The van der Waals surface area contributed by atoms with E-state index in [9.17, 15) is 0 Å². The van der Waals surface area contributed by atoms with E-state index in [1.807, 2.05) is 36.4 Å². The van der Waals surface area contributed by atoms with Crippen molar-refractivity contribution in [2.45, 2.75) is 0 Å². The molecule has 2 aromatic carbocycles. The third-order valence-electron chi connectivity index (χ3n) is 3.82. The van der Waals surface area contributed by atoms with E-state index in [0.29, 0.717) is 16.8 Å². The van der Waals surface area contributed by atoms with Crippen molar-refractivity contribution in [3.8, 4) is 11.1 Å². The van der Waals surface area contributed by atoms with Gasteiger partial charge >= 0.3 is 0 Å². The summed E-state index contributed by atoms with van der Waals surface area (Å²) in [6.07, 6.45) is 1.56. The van der Waals surface area contributed by atoms with Gasteiger partial charge in [-0.25, -0.2) is 4.98 Å². The van der Waals surface area contributed by atoms with Crippen LogP contribution in [0.25, 0.3) is 22.0 Å². The van der Waals surface area contributed by atoms with Crippen molar-refractivity contribution < 1.29 is 4.42 Å². The molecule has 0 atom stereocenters. The van der Waals surface area contributed by atoms with E-state index in [1.54, 1.807) is 18.3 Å². The van der Waals surface area contributed by atoms with Gasteiger partial charge in [0.1, 0.15) is 11.6 Å². The van der Waals surface area contributed by atoms with Crippen molar-refractivity contribution in [3.63, 3.8) is 0 Å². The molecule has 4 rings (SSSR count). The maximum Gasteiger partial charge on any atom is 0.193 e. The van der Waals surface area contributed by atoms with E-state index in [2.05, 4.69) is 49.6 Å². The maximum atomic E-state index is 5.76. The smallest absolute Gasteiger partial charge is 0.193 e. The zero-order valence-corrected chi connectivity index (χ0v) is 15.8. The number of hydrogen-bond donors (Lipinski definition) is 1. The highest BCUT2D eigenvalue weighted by Crippen LogP contribution is 2.32. The van der Waals surface area contributed by atoms with Gasteiger partial charge in [0.2, 0.25) is 0 Å². The van der Waals surface area contributed by atoms with Crippen molar-refractivity contribution in [1.29, 1.82) is 0 Å². The molecule has 4 nitrogen and oxygen atoms in total. The number of hydrazone groups is 1. The fraction of sp³-hybridized carbons (Fsp3) is 0. The van der Waals surface area contributed by atoms with E-state index in [-0.39, 0.29) is 0 Å². The lowest BCUT2D eigenvalue weighted by Crippen LogP contribution is -1.95. The lowest BCUT2D eigenvalue weighted by molar-refractivity contribution is 0.562. The molecule has 26 heavy (non-hydrogen) atoms. The fourth-order valence-electron chi connectivity index (χ4n) is 2.67. The van der Waals surface area contributed by atoms with Crippen molar-refractivity contribution >= 4 is 50.5 Å². The summed E-state index contributed by atoms with van der Waals surface area (Å²) in [6.45, 7) is 0. The van der Waals surface area contributed by atoms with Gasteiger partial charge in [-0.15, -0.1) is 0 Å². The molecule has 0 aliphatic rings. The average molecular weight is 427 g/mol. The second-order valence-corrected chi connectivity index (χ2v) is 6.88. The molecule has 0 aliphatic carbocycles. The number of hydrogen-bond acceptors (Lipinski definition) is 4. The van der Waals surface area contributed by atoms with Crippen LogP contribution >= 0.6 is 27.5 Å². The van der Waals surface area contributed by atoms with Crippen LogP contribution in [-0.2, 0) is 0 Å². The molecule has 0 unspecified atom stereocenters. The van der Waals surface area contributed by atoms with Crippen LogP contribution in [0.15, 0.2) is 80.7 Å². The van der Waals surface area contributed by atoms with Crippen LogP contribution in [0.4, 0.5) is 5.82 Å². The number of halogens is 2. The minimum atomic E-state index is 0.326. The summed E-state index contributed by atoms with van der Waals surface area (Å²) < 4.78 is 6.26. The Balaban J connectivity index is 1.74. The molecular formula is C20H13BrClN3O. The van der Waals surface area contributed by atoms with E-state index >= 15 is 0 Å². The lowest BCUT2D eigenvalue weighted by Gasteiger charge is -2.10. The van der Waals surface area contributed by atoms with Crippen molar-refractivity contribution in [1.82, 2.24) is 4.98 Å². The standard InChI is InChI=1S/C20H13BrClN3O/c21-14-6-8-18-17(10-14)16(13-4-2-1-3-5-13)11-20(24-18)25-23-12-15-7-9-19(22)26-15/h1-12H,(H,24,25)/b23-12+. The van der Waals surface area contributed by atoms with Crippen LogP contribution in [0.2, 0.25) is 5.22 Å². The minimum Gasteiger partial charge on any atom is -0.444 e. The number of anilines is 1. The van der Waals surface area contributed by atoms with E-state index in [4.69, 9.17) is 16.0 Å². The molecule has 0 fully saturated rings. The number of fused-ring (bicyclic) bond motifs is 1. The van der Waals surface area contributed by atoms with Gasteiger partial charge < -0.3 is 4.42 Å². The Bertz CT molecular complexity index is 1090. The van der Waals surface area contributed by atoms with Crippen LogP contribution in [0.5, 0.6) is 0 Å². The largest absolute Gasteiger partial charge is 0.444 e. The number of pyridine rings is 1.